The minimum absolute atomic E-state index is 0.00921. The Bertz CT molecular complexity index is 87.8. The summed E-state index contributed by atoms with van der Waals surface area (Å²) in [6, 6.07) is 0. The van der Waals surface area contributed by atoms with Crippen LogP contribution in [0.25, 0.3) is 0 Å². The molecule has 1 atom stereocenters. The third-order valence-electron chi connectivity index (χ3n) is 2.00. The maximum absolute atomic E-state index is 5.43. The number of rotatable bonds is 7. The van der Waals surface area contributed by atoms with E-state index in [2.05, 4.69) is 13.8 Å². The molecule has 0 N–H and O–H groups in total. The van der Waals surface area contributed by atoms with Crippen LogP contribution in [0.3, 0.4) is 0 Å². The van der Waals surface area contributed by atoms with Crippen molar-refractivity contribution in [3.63, 3.8) is 0 Å². The summed E-state index contributed by atoms with van der Waals surface area (Å²) in [6.45, 7) is 9.90. The molecule has 74 valence electrons. The van der Waals surface area contributed by atoms with Crippen molar-refractivity contribution < 1.29 is 9.47 Å². The quantitative estimate of drug-likeness (QED) is 0.552. The van der Waals surface area contributed by atoms with Crippen molar-refractivity contribution in [2.75, 3.05) is 13.2 Å². The van der Waals surface area contributed by atoms with E-state index in [4.69, 9.17) is 9.47 Å². The van der Waals surface area contributed by atoms with Crippen LogP contribution in [0.5, 0.6) is 0 Å². The van der Waals surface area contributed by atoms with Crippen molar-refractivity contribution in [2.24, 2.45) is 5.92 Å². The van der Waals surface area contributed by atoms with Crippen molar-refractivity contribution in [2.45, 2.75) is 46.8 Å². The molecule has 0 saturated carbocycles. The predicted molar refractivity (Wildman–Crippen MR) is 51.1 cm³/mol. The molecule has 0 heterocycles. The summed E-state index contributed by atoms with van der Waals surface area (Å²) < 4.78 is 10.9. The van der Waals surface area contributed by atoms with Gasteiger partial charge >= 0.3 is 0 Å². The van der Waals surface area contributed by atoms with Gasteiger partial charge in [0, 0.05) is 19.6 Å². The van der Waals surface area contributed by atoms with Gasteiger partial charge in [-0.25, -0.2) is 0 Å². The van der Waals surface area contributed by atoms with E-state index in [-0.39, 0.29) is 6.29 Å². The number of hydrogen-bond donors (Lipinski definition) is 0. The highest BCUT2D eigenvalue weighted by atomic mass is 16.7. The first-order chi connectivity index (χ1) is 5.74. The molecule has 0 aliphatic carbocycles. The second-order valence-corrected chi connectivity index (χ2v) is 3.09. The average Bonchev–Trinajstić information content (AvgIpc) is 2.05. The molecule has 0 fully saturated rings. The Morgan fingerprint density at radius 3 is 1.83 bits per heavy atom. The molecule has 0 amide bonds. The Hall–Kier alpha value is -0.0800. The summed E-state index contributed by atoms with van der Waals surface area (Å²) in [4.78, 5) is 0. The van der Waals surface area contributed by atoms with Gasteiger partial charge in [-0.05, 0) is 19.8 Å². The molecule has 0 bridgehead atoms. The molecule has 0 aliphatic rings. The molecule has 0 spiro atoms. The smallest absolute Gasteiger partial charge is 0.157 e. The minimum atomic E-state index is 0.00921. The first kappa shape index (κ1) is 11.9. The monoisotopic (exact) mass is 174 g/mol. The summed E-state index contributed by atoms with van der Waals surface area (Å²) in [5, 5.41) is 0. The summed E-state index contributed by atoms with van der Waals surface area (Å²) in [7, 11) is 0. The first-order valence-corrected chi connectivity index (χ1v) is 4.97. The maximum atomic E-state index is 5.43. The van der Waals surface area contributed by atoms with Crippen molar-refractivity contribution >= 4 is 0 Å². The molecule has 0 aromatic carbocycles. The van der Waals surface area contributed by atoms with E-state index in [1.165, 1.54) is 6.42 Å². The van der Waals surface area contributed by atoms with Crippen molar-refractivity contribution in [3.05, 3.63) is 0 Å². The third-order valence-corrected chi connectivity index (χ3v) is 2.00. The van der Waals surface area contributed by atoms with Crippen LogP contribution >= 0.6 is 0 Å². The Kier molecular flexibility index (Phi) is 7.51. The van der Waals surface area contributed by atoms with Gasteiger partial charge in [0.15, 0.2) is 6.29 Å². The largest absolute Gasteiger partial charge is 0.353 e. The first-order valence-electron chi connectivity index (χ1n) is 4.97. The predicted octanol–water partition coefficient (Wildman–Crippen LogP) is 2.82. The van der Waals surface area contributed by atoms with E-state index in [0.29, 0.717) is 5.92 Å². The lowest BCUT2D eigenvalue weighted by atomic mass is 10.1. The van der Waals surface area contributed by atoms with Gasteiger partial charge in [0.1, 0.15) is 0 Å². The van der Waals surface area contributed by atoms with Crippen LogP contribution in [0.2, 0.25) is 0 Å². The standard InChI is InChI=1S/C10H22O2/c1-5-9(4)8-10(11-6-2)12-7-3/h9-10H,5-8H2,1-4H3/t9-/m1/s1. The zero-order valence-electron chi connectivity index (χ0n) is 8.80. The zero-order valence-corrected chi connectivity index (χ0v) is 8.80. The lowest BCUT2D eigenvalue weighted by Gasteiger charge is -2.19. The topological polar surface area (TPSA) is 18.5 Å². The molecule has 0 radical (unpaired) electrons. The molecule has 2 nitrogen and oxygen atoms in total. The Morgan fingerprint density at radius 2 is 1.50 bits per heavy atom. The summed E-state index contributed by atoms with van der Waals surface area (Å²) >= 11 is 0. The normalized spacial score (nSPS) is 13.8. The van der Waals surface area contributed by atoms with E-state index in [0.717, 1.165) is 19.6 Å². The van der Waals surface area contributed by atoms with E-state index >= 15 is 0 Å². The third kappa shape index (κ3) is 5.56. The molecule has 12 heavy (non-hydrogen) atoms. The zero-order chi connectivity index (χ0) is 9.40. The number of ether oxygens (including phenoxy) is 2. The van der Waals surface area contributed by atoms with Crippen molar-refractivity contribution in [1.29, 1.82) is 0 Å². The highest BCUT2D eigenvalue weighted by Gasteiger charge is 2.11. The van der Waals surface area contributed by atoms with Gasteiger partial charge in [-0.15, -0.1) is 0 Å². The van der Waals surface area contributed by atoms with E-state index in [9.17, 15) is 0 Å². The van der Waals surface area contributed by atoms with Crippen molar-refractivity contribution in [1.82, 2.24) is 0 Å². The molecule has 0 saturated heterocycles. The van der Waals surface area contributed by atoms with Gasteiger partial charge in [0.25, 0.3) is 0 Å². The van der Waals surface area contributed by atoms with Crippen molar-refractivity contribution in [3.8, 4) is 0 Å². The van der Waals surface area contributed by atoms with E-state index in [1.807, 2.05) is 13.8 Å². The van der Waals surface area contributed by atoms with Crippen LogP contribution in [0, 0.1) is 5.92 Å². The van der Waals surface area contributed by atoms with Gasteiger partial charge in [-0.3, -0.25) is 0 Å². The Morgan fingerprint density at radius 1 is 1.00 bits per heavy atom. The van der Waals surface area contributed by atoms with Crippen LogP contribution < -0.4 is 0 Å². The van der Waals surface area contributed by atoms with Crippen LogP contribution in [-0.2, 0) is 9.47 Å². The molecule has 0 unspecified atom stereocenters. The van der Waals surface area contributed by atoms with Crippen LogP contribution in [-0.4, -0.2) is 19.5 Å². The lowest BCUT2D eigenvalue weighted by Crippen LogP contribution is -2.20. The van der Waals surface area contributed by atoms with Crippen LogP contribution in [0.15, 0.2) is 0 Å². The molecule has 0 aliphatic heterocycles. The van der Waals surface area contributed by atoms with Gasteiger partial charge < -0.3 is 9.47 Å². The average molecular weight is 174 g/mol. The molecular formula is C10H22O2. The molecule has 2 heteroatoms. The van der Waals surface area contributed by atoms with Gasteiger partial charge in [-0.1, -0.05) is 20.3 Å². The maximum Gasteiger partial charge on any atom is 0.157 e. The second kappa shape index (κ2) is 7.56. The molecule has 0 rings (SSSR count). The molecular weight excluding hydrogens is 152 g/mol. The Balaban J connectivity index is 3.61. The SMILES string of the molecule is CCOC(C[C@H](C)CC)OCC. The molecule has 0 aromatic rings. The van der Waals surface area contributed by atoms with Gasteiger partial charge in [0.05, 0.1) is 0 Å². The fourth-order valence-electron chi connectivity index (χ4n) is 1.05. The lowest BCUT2D eigenvalue weighted by molar-refractivity contribution is -0.145. The highest BCUT2D eigenvalue weighted by Crippen LogP contribution is 2.13. The number of hydrogen-bond acceptors (Lipinski definition) is 2. The van der Waals surface area contributed by atoms with E-state index in [1.54, 1.807) is 0 Å². The second-order valence-electron chi connectivity index (χ2n) is 3.09. The van der Waals surface area contributed by atoms with Crippen LogP contribution in [0.4, 0.5) is 0 Å². The van der Waals surface area contributed by atoms with E-state index < -0.39 is 0 Å². The summed E-state index contributed by atoms with van der Waals surface area (Å²) in [6.07, 6.45) is 2.21. The fraction of sp³-hybridized carbons (Fsp3) is 1.00. The van der Waals surface area contributed by atoms with Gasteiger partial charge in [0.2, 0.25) is 0 Å². The van der Waals surface area contributed by atoms with Gasteiger partial charge in [-0.2, -0.15) is 0 Å². The fourth-order valence-corrected chi connectivity index (χ4v) is 1.05. The minimum Gasteiger partial charge on any atom is -0.353 e. The highest BCUT2D eigenvalue weighted by molar-refractivity contribution is 4.53. The summed E-state index contributed by atoms with van der Waals surface area (Å²) in [5.41, 5.74) is 0. The van der Waals surface area contributed by atoms with Crippen LogP contribution in [0.1, 0.15) is 40.5 Å². The summed E-state index contributed by atoms with van der Waals surface area (Å²) in [5.74, 6) is 0.688. The Labute approximate surface area is 76.3 Å². The molecule has 0 aromatic heterocycles.